The van der Waals surface area contributed by atoms with Crippen LogP contribution in [0.1, 0.15) is 13.3 Å². The van der Waals surface area contributed by atoms with Crippen molar-refractivity contribution >= 4 is 42.7 Å². The van der Waals surface area contributed by atoms with Crippen molar-refractivity contribution in [2.24, 2.45) is 0 Å². The van der Waals surface area contributed by atoms with Gasteiger partial charge < -0.3 is 0 Å². The number of hydrogen-bond acceptors (Lipinski definition) is 1. The van der Waals surface area contributed by atoms with Crippen LogP contribution < -0.4 is 0 Å². The van der Waals surface area contributed by atoms with Crippen LogP contribution in [-0.4, -0.2) is 32.1 Å². The molecule has 0 aromatic carbocycles. The van der Waals surface area contributed by atoms with Gasteiger partial charge in [0.1, 0.15) is 17.0 Å². The Hall–Kier alpha value is 0.0300. The molecule has 3 unspecified atom stereocenters. The highest BCUT2D eigenvalue weighted by Crippen LogP contribution is 2.51. The van der Waals surface area contributed by atoms with Crippen molar-refractivity contribution in [1.82, 2.24) is 0 Å². The fraction of sp³-hybridized carbons (Fsp3) is 0.636. The second-order valence-corrected chi connectivity index (χ2v) is 8.73. The van der Waals surface area contributed by atoms with Crippen LogP contribution in [0.4, 0.5) is 35.1 Å². The van der Waals surface area contributed by atoms with Crippen molar-refractivity contribution in [2.45, 2.75) is 41.2 Å². The van der Waals surface area contributed by atoms with Crippen LogP contribution >= 0.6 is 31.9 Å². The molecule has 1 aliphatic rings. The van der Waals surface area contributed by atoms with Crippen molar-refractivity contribution in [3.63, 3.8) is 0 Å². The highest BCUT2D eigenvalue weighted by atomic mass is 79.9. The second kappa shape index (κ2) is 6.40. The lowest BCUT2D eigenvalue weighted by Gasteiger charge is -2.32. The summed E-state index contributed by atoms with van der Waals surface area (Å²) in [6.07, 6.45) is -7.13. The molecule has 0 aliphatic heterocycles. The lowest BCUT2D eigenvalue weighted by molar-refractivity contribution is -0.331. The molecule has 1 aliphatic carbocycles. The smallest absolute Gasteiger partial charge is 0.248 e. The van der Waals surface area contributed by atoms with Crippen LogP contribution in [0.5, 0.6) is 0 Å². The summed E-state index contributed by atoms with van der Waals surface area (Å²) in [5.41, 5.74) is 0. The number of alkyl halides is 9. The first kappa shape index (κ1) is 21.1. The van der Waals surface area contributed by atoms with E-state index in [2.05, 4.69) is 31.9 Å². The van der Waals surface area contributed by atoms with Gasteiger partial charge in [0, 0.05) is 11.3 Å². The maximum atomic E-state index is 13.5. The molecule has 0 aromatic heterocycles. The van der Waals surface area contributed by atoms with Crippen LogP contribution in [0, 0.1) is 0 Å². The molecule has 0 saturated heterocycles. The fourth-order valence-corrected chi connectivity index (χ4v) is 4.74. The Morgan fingerprint density at radius 3 is 2.09 bits per heavy atom. The van der Waals surface area contributed by atoms with E-state index < -0.39 is 43.6 Å². The molecule has 1 nitrogen and oxygen atoms in total. The van der Waals surface area contributed by atoms with Crippen LogP contribution in [0.2, 0.25) is 0 Å². The molecule has 23 heavy (non-hydrogen) atoms. The molecular formula is C11H8Br2F8OS. The van der Waals surface area contributed by atoms with Gasteiger partial charge in [-0.15, -0.1) is 0 Å². The largest absolute Gasteiger partial charge is 0.461 e. The third-order valence-electron chi connectivity index (χ3n) is 2.95. The van der Waals surface area contributed by atoms with E-state index in [1.54, 1.807) is 0 Å². The van der Waals surface area contributed by atoms with Crippen molar-refractivity contribution < 1.29 is 39.3 Å². The van der Waals surface area contributed by atoms with E-state index in [-0.39, 0.29) is 10.9 Å². The topological polar surface area (TPSA) is 17.1 Å². The fourth-order valence-electron chi connectivity index (χ4n) is 1.59. The molecule has 3 atom stereocenters. The van der Waals surface area contributed by atoms with Gasteiger partial charge in [-0.2, -0.15) is 30.7 Å². The van der Waals surface area contributed by atoms with Crippen LogP contribution in [-0.2, 0) is 10.8 Å². The molecule has 12 heteroatoms. The summed E-state index contributed by atoms with van der Waals surface area (Å²) in [7, 11) is -4.06. The zero-order chi connectivity index (χ0) is 18.4. The van der Waals surface area contributed by atoms with E-state index in [1.807, 2.05) is 0 Å². The van der Waals surface area contributed by atoms with Crippen LogP contribution in [0.25, 0.3) is 0 Å². The first-order valence-electron chi connectivity index (χ1n) is 5.72. The molecule has 0 spiro atoms. The van der Waals surface area contributed by atoms with Crippen molar-refractivity contribution in [2.75, 3.05) is 0 Å². The Balaban J connectivity index is 3.35. The average molecular weight is 500 g/mol. The van der Waals surface area contributed by atoms with Gasteiger partial charge in [-0.1, -0.05) is 31.9 Å². The molecule has 1 rings (SSSR count). The minimum Gasteiger partial charge on any atom is -0.248 e. The maximum absolute atomic E-state index is 13.5. The third-order valence-corrected chi connectivity index (χ3v) is 5.99. The molecule has 0 amide bonds. The van der Waals surface area contributed by atoms with Crippen molar-refractivity contribution in [3.05, 3.63) is 21.5 Å². The molecule has 0 N–H and O–H groups in total. The Morgan fingerprint density at radius 1 is 1.22 bits per heavy atom. The van der Waals surface area contributed by atoms with E-state index in [4.69, 9.17) is 0 Å². The summed E-state index contributed by atoms with van der Waals surface area (Å²) in [5.74, 6) is -6.51. The normalized spacial score (nSPS) is 26.4. The SMILES string of the molecule is CC(F)C1(Br)C=C(S(=O)C(F)(F)C(F)(F)C(F)(F)F)C=C(Br)C1. The molecule has 0 heterocycles. The number of allylic oxidation sites excluding steroid dienone is 3. The summed E-state index contributed by atoms with van der Waals surface area (Å²) < 4.78 is 113. The van der Waals surface area contributed by atoms with Gasteiger partial charge in [0.2, 0.25) is 0 Å². The maximum Gasteiger partial charge on any atom is 0.461 e. The lowest BCUT2D eigenvalue weighted by Crippen LogP contribution is -2.54. The molecular weight excluding hydrogens is 492 g/mol. The Bertz CT molecular complexity index is 569. The summed E-state index contributed by atoms with van der Waals surface area (Å²) >= 11 is 5.69. The second-order valence-electron chi connectivity index (χ2n) is 4.72. The van der Waals surface area contributed by atoms with Crippen LogP contribution in [0.3, 0.4) is 0 Å². The highest BCUT2D eigenvalue weighted by molar-refractivity contribution is 9.12. The van der Waals surface area contributed by atoms with Gasteiger partial charge in [-0.25, -0.2) is 8.60 Å². The van der Waals surface area contributed by atoms with Gasteiger partial charge in [-0.05, 0) is 23.6 Å². The van der Waals surface area contributed by atoms with Gasteiger partial charge in [0.05, 0.1) is 4.32 Å². The Morgan fingerprint density at radius 2 is 1.70 bits per heavy atom. The number of rotatable bonds is 4. The molecule has 134 valence electrons. The van der Waals surface area contributed by atoms with Crippen molar-refractivity contribution in [3.8, 4) is 0 Å². The first-order valence-corrected chi connectivity index (χ1v) is 8.46. The first-order chi connectivity index (χ1) is 10.1. The van der Waals surface area contributed by atoms with E-state index in [0.717, 1.165) is 6.92 Å². The van der Waals surface area contributed by atoms with Gasteiger partial charge in [0.15, 0.2) is 0 Å². The predicted molar refractivity (Wildman–Crippen MR) is 76.0 cm³/mol. The summed E-state index contributed by atoms with van der Waals surface area (Å²) in [6, 6.07) is 0. The summed E-state index contributed by atoms with van der Waals surface area (Å²) in [6.45, 7) is 1.01. The van der Waals surface area contributed by atoms with Gasteiger partial charge in [-0.3, -0.25) is 0 Å². The summed E-state index contributed by atoms with van der Waals surface area (Å²) in [5, 5.41) is -5.92. The average Bonchev–Trinajstić information content (AvgIpc) is 2.34. The van der Waals surface area contributed by atoms with Crippen LogP contribution in [0.15, 0.2) is 21.5 Å². The molecule has 0 aromatic rings. The zero-order valence-electron chi connectivity index (χ0n) is 11.0. The third kappa shape index (κ3) is 3.83. The number of halogens is 10. The van der Waals surface area contributed by atoms with Gasteiger partial charge in [0.25, 0.3) is 0 Å². The predicted octanol–water partition coefficient (Wildman–Crippen LogP) is 5.58. The van der Waals surface area contributed by atoms with Gasteiger partial charge >= 0.3 is 17.4 Å². The zero-order valence-corrected chi connectivity index (χ0v) is 15.0. The van der Waals surface area contributed by atoms with E-state index >= 15 is 0 Å². The summed E-state index contributed by atoms with van der Waals surface area (Å²) in [4.78, 5) is -1.04. The van der Waals surface area contributed by atoms with E-state index in [1.165, 1.54) is 0 Å². The molecule has 0 radical (unpaired) electrons. The molecule has 0 saturated carbocycles. The monoisotopic (exact) mass is 498 g/mol. The standard InChI is InChI=1S/C11H8Br2F8OS/c1-5(14)8(13)3-6(12)2-7(4-8)23(22)11(20,21)9(15,16)10(17,18)19/h2,4-5H,3H2,1H3. The molecule has 0 fully saturated rings. The minimum atomic E-state index is -6.60. The Labute approximate surface area is 144 Å². The van der Waals surface area contributed by atoms with E-state index in [9.17, 15) is 39.3 Å². The van der Waals surface area contributed by atoms with Crippen molar-refractivity contribution in [1.29, 1.82) is 0 Å². The number of hydrogen-bond donors (Lipinski definition) is 0. The highest BCUT2D eigenvalue weighted by Gasteiger charge is 2.76. The Kier molecular flexibility index (Phi) is 5.86. The quantitative estimate of drug-likeness (QED) is 0.364. The molecule has 0 bridgehead atoms. The minimum absolute atomic E-state index is 0.0100. The lowest BCUT2D eigenvalue weighted by atomic mass is 9.96. The van der Waals surface area contributed by atoms with E-state index in [0.29, 0.717) is 12.2 Å².